The number of rotatable bonds is 10. The van der Waals surface area contributed by atoms with Gasteiger partial charge < -0.3 is 18.4 Å². The fourth-order valence-corrected chi connectivity index (χ4v) is 12.9. The second kappa shape index (κ2) is 7.80. The third-order valence-corrected chi connectivity index (χ3v) is 13.5. The molecule has 0 bridgehead atoms. The minimum Gasteiger partial charge on any atom is -0.412 e. The van der Waals surface area contributed by atoms with Gasteiger partial charge in [0.15, 0.2) is 8.32 Å². The van der Waals surface area contributed by atoms with Crippen LogP contribution in [0.25, 0.3) is 0 Å². The standard InChI is InChI=1S/C16H40O4Si3/c1-11-15(3,4)19-22(8,9)16(5,12-2)20-21(6,7)13-14-23(10,17)18/h17-18H,11-14H2,1-10H3. The molecule has 0 rings (SSSR count). The van der Waals surface area contributed by atoms with Crippen molar-refractivity contribution in [3.8, 4) is 0 Å². The first-order chi connectivity index (χ1) is 9.99. The molecule has 0 amide bonds. The number of hydrogen-bond acceptors (Lipinski definition) is 4. The van der Waals surface area contributed by atoms with E-state index in [0.29, 0.717) is 6.04 Å². The lowest BCUT2D eigenvalue weighted by atomic mass is 10.1. The summed E-state index contributed by atoms with van der Waals surface area (Å²) in [6.07, 6.45) is 1.89. The quantitative estimate of drug-likeness (QED) is 0.552. The van der Waals surface area contributed by atoms with Crippen LogP contribution in [0.2, 0.25) is 44.8 Å². The van der Waals surface area contributed by atoms with Crippen LogP contribution in [-0.2, 0) is 8.85 Å². The topological polar surface area (TPSA) is 58.9 Å². The molecule has 0 aliphatic carbocycles. The lowest BCUT2D eigenvalue weighted by Crippen LogP contribution is -2.62. The molecular weight excluding hydrogens is 340 g/mol. The highest BCUT2D eigenvalue weighted by molar-refractivity contribution is 6.78. The molecule has 0 aromatic carbocycles. The predicted molar refractivity (Wildman–Crippen MR) is 106 cm³/mol. The summed E-state index contributed by atoms with van der Waals surface area (Å²) in [7, 11) is -7.10. The first-order valence-electron chi connectivity index (χ1n) is 8.84. The van der Waals surface area contributed by atoms with Crippen LogP contribution in [0.4, 0.5) is 0 Å². The molecular formula is C16H40O4Si3. The van der Waals surface area contributed by atoms with Crippen LogP contribution in [-0.4, -0.2) is 45.6 Å². The molecule has 23 heavy (non-hydrogen) atoms. The maximum absolute atomic E-state index is 9.73. The monoisotopic (exact) mass is 380 g/mol. The minimum absolute atomic E-state index is 0.136. The largest absolute Gasteiger partial charge is 0.412 e. The van der Waals surface area contributed by atoms with Crippen molar-refractivity contribution in [2.24, 2.45) is 0 Å². The van der Waals surface area contributed by atoms with Gasteiger partial charge in [0.25, 0.3) is 0 Å². The van der Waals surface area contributed by atoms with Gasteiger partial charge >= 0.3 is 8.56 Å². The fourth-order valence-electron chi connectivity index (χ4n) is 2.69. The molecule has 0 aliphatic heterocycles. The zero-order valence-corrected chi connectivity index (χ0v) is 20.0. The summed E-state index contributed by atoms with van der Waals surface area (Å²) < 4.78 is 13.3. The molecule has 0 saturated carbocycles. The van der Waals surface area contributed by atoms with Gasteiger partial charge in [-0.05, 0) is 78.4 Å². The fraction of sp³-hybridized carbons (Fsp3) is 1.00. The third kappa shape index (κ3) is 7.94. The van der Waals surface area contributed by atoms with E-state index in [0.717, 1.165) is 18.9 Å². The highest BCUT2D eigenvalue weighted by Gasteiger charge is 2.50. The first-order valence-corrected chi connectivity index (χ1v) is 17.5. The van der Waals surface area contributed by atoms with E-state index in [-0.39, 0.29) is 10.8 Å². The Hall–Kier alpha value is 0.491. The van der Waals surface area contributed by atoms with Crippen molar-refractivity contribution in [2.45, 2.75) is 103 Å². The SMILES string of the molecule is CCC(C)(C)O[Si](C)(C)C(C)(CC)O[Si](C)(C)CC[Si](C)(O)O. The van der Waals surface area contributed by atoms with Crippen LogP contribution < -0.4 is 0 Å². The van der Waals surface area contributed by atoms with Gasteiger partial charge in [-0.3, -0.25) is 0 Å². The summed E-state index contributed by atoms with van der Waals surface area (Å²) in [6, 6.07) is 1.26. The van der Waals surface area contributed by atoms with Gasteiger partial charge in [-0.1, -0.05) is 13.8 Å². The highest BCUT2D eigenvalue weighted by Crippen LogP contribution is 2.37. The lowest BCUT2D eigenvalue weighted by Gasteiger charge is -2.49. The average Bonchev–Trinajstić information content (AvgIpc) is 2.34. The van der Waals surface area contributed by atoms with Crippen molar-refractivity contribution < 1.29 is 18.4 Å². The molecule has 0 saturated heterocycles. The molecule has 1 atom stereocenters. The van der Waals surface area contributed by atoms with Gasteiger partial charge in [-0.2, -0.15) is 0 Å². The molecule has 1 unspecified atom stereocenters. The normalized spacial score (nSPS) is 17.2. The van der Waals surface area contributed by atoms with Gasteiger partial charge in [0.05, 0.1) is 10.8 Å². The van der Waals surface area contributed by atoms with E-state index in [4.69, 9.17) is 8.85 Å². The summed E-state index contributed by atoms with van der Waals surface area (Å²) in [5.74, 6) is 0. The van der Waals surface area contributed by atoms with Crippen molar-refractivity contribution in [2.75, 3.05) is 0 Å². The second-order valence-corrected chi connectivity index (χ2v) is 20.3. The molecule has 2 N–H and O–H groups in total. The lowest BCUT2D eigenvalue weighted by molar-refractivity contribution is 0.0477. The van der Waals surface area contributed by atoms with Crippen molar-refractivity contribution in [1.82, 2.24) is 0 Å². The summed E-state index contributed by atoms with van der Waals surface area (Å²) >= 11 is 0. The van der Waals surface area contributed by atoms with E-state index in [1.54, 1.807) is 6.55 Å². The van der Waals surface area contributed by atoms with Gasteiger partial charge in [0, 0.05) is 0 Å². The van der Waals surface area contributed by atoms with Crippen molar-refractivity contribution in [3.63, 3.8) is 0 Å². The van der Waals surface area contributed by atoms with Crippen molar-refractivity contribution in [3.05, 3.63) is 0 Å². The molecule has 7 heteroatoms. The Balaban J connectivity index is 5.21. The molecule has 140 valence electrons. The van der Waals surface area contributed by atoms with Crippen molar-refractivity contribution in [1.29, 1.82) is 0 Å². The van der Waals surface area contributed by atoms with Gasteiger partial charge in [0.2, 0.25) is 8.32 Å². The summed E-state index contributed by atoms with van der Waals surface area (Å²) in [5, 5.41) is -0.266. The van der Waals surface area contributed by atoms with E-state index >= 15 is 0 Å². The molecule has 0 aliphatic rings. The Bertz CT molecular complexity index is 378. The van der Waals surface area contributed by atoms with E-state index in [1.165, 1.54) is 0 Å². The maximum atomic E-state index is 9.73. The van der Waals surface area contributed by atoms with Gasteiger partial charge in [-0.25, -0.2) is 0 Å². The minimum atomic E-state index is -3.01. The summed E-state index contributed by atoms with van der Waals surface area (Å²) in [5.41, 5.74) is -0.136. The molecule has 0 aromatic rings. The predicted octanol–water partition coefficient (Wildman–Crippen LogP) is 4.38. The third-order valence-electron chi connectivity index (χ3n) is 5.03. The van der Waals surface area contributed by atoms with Crippen LogP contribution >= 0.6 is 0 Å². The van der Waals surface area contributed by atoms with Crippen LogP contribution in [0.15, 0.2) is 0 Å². The summed E-state index contributed by atoms with van der Waals surface area (Å²) in [6.45, 7) is 21.2. The van der Waals surface area contributed by atoms with Crippen LogP contribution in [0, 0.1) is 0 Å². The average molecular weight is 381 g/mol. The maximum Gasteiger partial charge on any atom is 0.329 e. The van der Waals surface area contributed by atoms with E-state index in [1.807, 2.05) is 0 Å². The van der Waals surface area contributed by atoms with E-state index in [2.05, 4.69) is 60.8 Å². The zero-order chi connectivity index (χ0) is 18.7. The number of hydrogen-bond donors (Lipinski definition) is 2. The Morgan fingerprint density at radius 1 is 0.783 bits per heavy atom. The smallest absolute Gasteiger partial charge is 0.329 e. The molecule has 0 fully saturated rings. The van der Waals surface area contributed by atoms with Gasteiger partial charge in [-0.15, -0.1) is 0 Å². The van der Waals surface area contributed by atoms with E-state index in [9.17, 15) is 9.59 Å². The van der Waals surface area contributed by atoms with Crippen LogP contribution in [0.1, 0.15) is 47.5 Å². The summed E-state index contributed by atoms with van der Waals surface area (Å²) in [4.78, 5) is 19.5. The van der Waals surface area contributed by atoms with Crippen LogP contribution in [0.5, 0.6) is 0 Å². The van der Waals surface area contributed by atoms with E-state index < -0.39 is 25.2 Å². The zero-order valence-electron chi connectivity index (χ0n) is 17.0. The molecule has 0 heterocycles. The highest BCUT2D eigenvalue weighted by atomic mass is 28.4. The van der Waals surface area contributed by atoms with Crippen molar-refractivity contribution >= 4 is 25.2 Å². The Labute approximate surface area is 147 Å². The molecule has 0 aromatic heterocycles. The second-order valence-electron chi connectivity index (χ2n) is 8.89. The molecule has 4 nitrogen and oxygen atoms in total. The van der Waals surface area contributed by atoms with Crippen LogP contribution in [0.3, 0.4) is 0 Å². The first kappa shape index (κ1) is 23.5. The van der Waals surface area contributed by atoms with Gasteiger partial charge in [0.1, 0.15) is 0 Å². The Morgan fingerprint density at radius 2 is 1.26 bits per heavy atom. The Kier molecular flexibility index (Phi) is 7.97. The molecule has 0 spiro atoms. The Morgan fingerprint density at radius 3 is 1.61 bits per heavy atom. The molecule has 0 radical (unpaired) electrons.